The van der Waals surface area contributed by atoms with Crippen LogP contribution in [-0.4, -0.2) is 145 Å². The number of amides is 4. The van der Waals surface area contributed by atoms with E-state index in [-0.39, 0.29) is 76.5 Å². The van der Waals surface area contributed by atoms with E-state index in [1.807, 2.05) is 86.6 Å². The van der Waals surface area contributed by atoms with Gasteiger partial charge in [-0.05, 0) is 69.9 Å². The summed E-state index contributed by atoms with van der Waals surface area (Å²) in [6.45, 7) is 12.7. The van der Waals surface area contributed by atoms with Crippen LogP contribution in [0.2, 0.25) is 0 Å². The Hall–Kier alpha value is -5.94. The Bertz CT molecular complexity index is 2620. The molecule has 16 heteroatoms. The Morgan fingerprint density at radius 2 is 1.42 bits per heavy atom. The predicted octanol–water partition coefficient (Wildman–Crippen LogP) is 7.85. The zero-order chi connectivity index (χ0) is 52.5. The van der Waals surface area contributed by atoms with Crippen LogP contribution in [0.3, 0.4) is 0 Å². The number of ether oxygens (including phenoxy) is 3. The van der Waals surface area contributed by atoms with E-state index in [0.29, 0.717) is 25.6 Å². The lowest BCUT2D eigenvalue weighted by Gasteiger charge is -2.35. The van der Waals surface area contributed by atoms with Gasteiger partial charge in [0.2, 0.25) is 23.6 Å². The quantitative estimate of drug-likeness (QED) is 0.0315. The van der Waals surface area contributed by atoms with Crippen molar-refractivity contribution in [2.45, 2.75) is 78.1 Å². The fourth-order valence-electron chi connectivity index (χ4n) is 9.32. The number of likely N-dealkylation sites (tertiary alicyclic amines) is 1. The largest absolute Gasteiger partial charge is 0.492 e. The topological polar surface area (TPSA) is 163 Å². The van der Waals surface area contributed by atoms with Crippen molar-refractivity contribution in [1.82, 2.24) is 30.3 Å². The molecule has 0 unspecified atom stereocenters. The number of benzene rings is 4. The Kier molecular flexibility index (Phi) is 20.8. The first-order valence-electron chi connectivity index (χ1n) is 25.6. The van der Waals surface area contributed by atoms with Crippen LogP contribution in [0.15, 0.2) is 115 Å². The van der Waals surface area contributed by atoms with E-state index in [1.165, 1.54) is 10.5 Å². The van der Waals surface area contributed by atoms with Crippen molar-refractivity contribution in [2.75, 3.05) is 78.2 Å². The first kappa shape index (κ1) is 55.8. The van der Waals surface area contributed by atoms with Gasteiger partial charge in [0.25, 0.3) is 0 Å². The van der Waals surface area contributed by atoms with Crippen molar-refractivity contribution in [2.24, 2.45) is 5.41 Å². The second kappa shape index (κ2) is 27.6. The second-order valence-corrected chi connectivity index (χ2v) is 21.0. The number of aryl methyl sites for hydroxylation is 1. The monoisotopic (exact) mass is 1050 g/mol. The van der Waals surface area contributed by atoms with Crippen LogP contribution in [0.25, 0.3) is 21.6 Å². The average Bonchev–Trinajstić information content (AvgIpc) is 4.03. The number of allylic oxidation sites excluding steroid dienone is 1. The molecule has 2 saturated heterocycles. The van der Waals surface area contributed by atoms with Gasteiger partial charge in [-0.15, -0.1) is 22.9 Å². The third-order valence-electron chi connectivity index (χ3n) is 13.4. The number of nitrogens with one attached hydrogen (secondary N) is 2. The minimum Gasteiger partial charge on any atom is -0.492 e. The smallest absolute Gasteiger partial charge is 0.246 e. The number of β-amino-alcohol motifs (C(OH)–C–C–N with tert-alkyl or cyclic N) is 1. The molecule has 2 aliphatic rings. The highest BCUT2D eigenvalue weighted by molar-refractivity contribution is 7.13. The van der Waals surface area contributed by atoms with Gasteiger partial charge in [-0.25, -0.2) is 4.98 Å². The minimum atomic E-state index is -0.940. The lowest BCUT2D eigenvalue weighted by molar-refractivity contribution is -0.144. The van der Waals surface area contributed by atoms with Gasteiger partial charge in [0, 0.05) is 64.5 Å². The van der Waals surface area contributed by atoms with Crippen LogP contribution in [-0.2, 0) is 35.2 Å². The molecule has 0 aliphatic carbocycles. The molecular formula is C58H71ClN6O8S. The van der Waals surface area contributed by atoms with Crippen LogP contribution in [0.1, 0.15) is 74.4 Å². The van der Waals surface area contributed by atoms with Crippen molar-refractivity contribution in [3.8, 4) is 16.2 Å². The number of carbonyl (C=O) groups is 4. The molecule has 7 rings (SSSR count). The average molecular weight is 1050 g/mol. The SMILES string of the molecule is Cc1ncsc1-c1ccc(CNC(=O)[C@@H]2C[C@@H](O)CN2C(=O)[C@@H](NC(=O)CCOCCOCCC(=O)N2CCN(CCOc3ccc(/C(=C(/CCCl)c4ccccc4)c4ccccc4)cc3)CC2)C(C)(C)C)cc1. The molecule has 1 aromatic heterocycles. The molecule has 74 heavy (non-hydrogen) atoms. The molecule has 394 valence electrons. The normalized spacial score (nSPS) is 16.9. The number of halogens is 1. The van der Waals surface area contributed by atoms with Gasteiger partial charge in [-0.1, -0.05) is 118 Å². The molecule has 0 spiro atoms. The number of rotatable bonds is 24. The maximum Gasteiger partial charge on any atom is 0.246 e. The Balaban J connectivity index is 0.758. The number of aromatic nitrogens is 1. The summed E-state index contributed by atoms with van der Waals surface area (Å²) in [6, 6.07) is 35.2. The number of piperazine rings is 1. The Morgan fingerprint density at radius 1 is 0.784 bits per heavy atom. The highest BCUT2D eigenvalue weighted by Crippen LogP contribution is 2.36. The summed E-state index contributed by atoms with van der Waals surface area (Å²) in [7, 11) is 0. The van der Waals surface area contributed by atoms with E-state index in [1.54, 1.807) is 11.3 Å². The highest BCUT2D eigenvalue weighted by Gasteiger charge is 2.44. The summed E-state index contributed by atoms with van der Waals surface area (Å²) < 4.78 is 17.5. The van der Waals surface area contributed by atoms with E-state index in [9.17, 15) is 24.3 Å². The molecule has 4 amide bonds. The Morgan fingerprint density at radius 3 is 2.04 bits per heavy atom. The number of nitrogens with zero attached hydrogens (tertiary/aromatic N) is 4. The number of thiazole rings is 1. The van der Waals surface area contributed by atoms with Crippen molar-refractivity contribution in [1.29, 1.82) is 0 Å². The van der Waals surface area contributed by atoms with Gasteiger partial charge >= 0.3 is 0 Å². The third-order valence-corrected chi connectivity index (χ3v) is 14.6. The van der Waals surface area contributed by atoms with E-state index in [0.717, 1.165) is 75.8 Å². The van der Waals surface area contributed by atoms with E-state index < -0.39 is 29.5 Å². The van der Waals surface area contributed by atoms with Crippen LogP contribution in [0.4, 0.5) is 0 Å². The standard InChI is InChI=1S/C58H71ClN6O8S/c1-41-54(74-40-61-41)46-17-15-42(16-18-46)38-60-56(69)50-37-47(66)39-65(50)57(70)55(58(2,3)4)62-51(67)24-32-71-35-36-72-33-25-52(68)64-29-27-63(28-30-64)31-34-73-48-21-19-45(20-22-48)53(44-13-9-6-10-14-44)49(23-26-59)43-11-7-5-8-12-43/h5-22,40,47,50,55,66H,23-39H2,1-4H3,(H,60,69)(H,62,67)/b53-49-/t47-,50+,55-/m1/s1. The van der Waals surface area contributed by atoms with Crippen molar-refractivity contribution in [3.05, 3.63) is 143 Å². The zero-order valence-electron chi connectivity index (χ0n) is 43.1. The van der Waals surface area contributed by atoms with Crippen LogP contribution in [0, 0.1) is 12.3 Å². The number of aliphatic hydroxyl groups is 1. The van der Waals surface area contributed by atoms with E-state index in [4.69, 9.17) is 25.8 Å². The molecule has 2 fully saturated rings. The molecule has 5 aromatic rings. The molecule has 0 radical (unpaired) electrons. The summed E-state index contributed by atoms with van der Waals surface area (Å²) in [6.07, 6.45) is 0.250. The summed E-state index contributed by atoms with van der Waals surface area (Å²) in [5.41, 5.74) is 9.80. The summed E-state index contributed by atoms with van der Waals surface area (Å²) >= 11 is 7.91. The van der Waals surface area contributed by atoms with Gasteiger partial charge in [0.15, 0.2) is 0 Å². The number of carbonyl (C=O) groups excluding carboxylic acids is 4. The van der Waals surface area contributed by atoms with Gasteiger partial charge in [-0.2, -0.15) is 0 Å². The molecule has 2 aliphatic heterocycles. The van der Waals surface area contributed by atoms with Gasteiger partial charge in [0.1, 0.15) is 24.4 Å². The minimum absolute atomic E-state index is 0.00951. The van der Waals surface area contributed by atoms with Crippen molar-refractivity contribution >= 4 is 57.7 Å². The summed E-state index contributed by atoms with van der Waals surface area (Å²) in [5, 5.41) is 16.4. The number of hydrogen-bond donors (Lipinski definition) is 3. The lowest BCUT2D eigenvalue weighted by Crippen LogP contribution is -2.57. The fraction of sp³-hybridized carbons (Fsp3) is 0.431. The van der Waals surface area contributed by atoms with Gasteiger partial charge in [0.05, 0.1) is 55.0 Å². The molecule has 4 aromatic carbocycles. The van der Waals surface area contributed by atoms with Crippen LogP contribution >= 0.6 is 22.9 Å². The predicted molar refractivity (Wildman–Crippen MR) is 292 cm³/mol. The zero-order valence-corrected chi connectivity index (χ0v) is 44.7. The van der Waals surface area contributed by atoms with Gasteiger partial charge < -0.3 is 39.8 Å². The molecule has 14 nitrogen and oxygen atoms in total. The number of aliphatic hydroxyl groups excluding tert-OH is 1. The fourth-order valence-corrected chi connectivity index (χ4v) is 10.3. The van der Waals surface area contributed by atoms with Crippen LogP contribution < -0.4 is 15.4 Å². The number of alkyl halides is 1. The summed E-state index contributed by atoms with van der Waals surface area (Å²) in [4.78, 5) is 64.5. The number of hydrogen-bond acceptors (Lipinski definition) is 11. The Labute approximate surface area is 445 Å². The maximum atomic E-state index is 14.0. The van der Waals surface area contributed by atoms with E-state index in [2.05, 4.69) is 81.2 Å². The molecular weight excluding hydrogens is 976 g/mol. The van der Waals surface area contributed by atoms with E-state index >= 15 is 0 Å². The lowest BCUT2D eigenvalue weighted by atomic mass is 9.85. The third kappa shape index (κ3) is 15.8. The molecule has 3 atom stereocenters. The van der Waals surface area contributed by atoms with Gasteiger partial charge in [-0.3, -0.25) is 24.1 Å². The van der Waals surface area contributed by atoms with Crippen LogP contribution in [0.5, 0.6) is 5.75 Å². The summed E-state index contributed by atoms with van der Waals surface area (Å²) in [5.74, 6) is 0.205. The highest BCUT2D eigenvalue weighted by atomic mass is 35.5. The first-order chi connectivity index (χ1) is 35.8. The molecule has 3 N–H and O–H groups in total. The van der Waals surface area contributed by atoms with Crippen molar-refractivity contribution in [3.63, 3.8) is 0 Å². The molecule has 3 heterocycles. The first-order valence-corrected chi connectivity index (χ1v) is 27.0. The molecule has 0 bridgehead atoms. The van der Waals surface area contributed by atoms with Crippen molar-refractivity contribution < 1.29 is 38.5 Å². The second-order valence-electron chi connectivity index (χ2n) is 19.8. The maximum absolute atomic E-state index is 14.0. The molecule has 0 saturated carbocycles.